The van der Waals surface area contributed by atoms with Gasteiger partial charge in [-0.15, -0.1) is 0 Å². The fraction of sp³-hybridized carbons (Fsp3) is 0.929. The summed E-state index contributed by atoms with van der Waals surface area (Å²) in [7, 11) is 0. The van der Waals surface area contributed by atoms with E-state index in [1.54, 1.807) is 0 Å². The first kappa shape index (κ1) is 13.8. The molecule has 4 nitrogen and oxygen atoms in total. The molecule has 0 bridgehead atoms. The van der Waals surface area contributed by atoms with Gasteiger partial charge in [-0.3, -0.25) is 9.69 Å². The van der Waals surface area contributed by atoms with Gasteiger partial charge in [-0.25, -0.2) is 0 Å². The monoisotopic (exact) mass is 255 g/mol. The average molecular weight is 255 g/mol. The van der Waals surface area contributed by atoms with Crippen molar-refractivity contribution in [3.8, 4) is 0 Å². The molecular weight excluding hydrogens is 230 g/mol. The van der Waals surface area contributed by atoms with Gasteiger partial charge in [-0.1, -0.05) is 12.8 Å². The highest BCUT2D eigenvalue weighted by atomic mass is 16.5. The Hall–Kier alpha value is -0.610. The van der Waals surface area contributed by atoms with Crippen LogP contribution in [0.25, 0.3) is 0 Å². The summed E-state index contributed by atoms with van der Waals surface area (Å²) < 4.78 is 5.58. The third-order valence-electron chi connectivity index (χ3n) is 4.31. The predicted octanol–water partition coefficient (Wildman–Crippen LogP) is 2.13. The van der Waals surface area contributed by atoms with Crippen LogP contribution in [-0.4, -0.2) is 47.3 Å². The highest BCUT2D eigenvalue weighted by molar-refractivity contribution is 5.74. The molecule has 3 unspecified atom stereocenters. The van der Waals surface area contributed by atoms with Crippen LogP contribution in [0.2, 0.25) is 0 Å². The average Bonchev–Trinajstić information content (AvgIpc) is 2.68. The lowest BCUT2D eigenvalue weighted by molar-refractivity contribution is -0.143. The maximum absolute atomic E-state index is 11.4. The maximum Gasteiger partial charge on any atom is 0.320 e. The minimum Gasteiger partial charge on any atom is -0.480 e. The van der Waals surface area contributed by atoms with Crippen LogP contribution in [0.1, 0.15) is 46.0 Å². The highest BCUT2D eigenvalue weighted by Crippen LogP contribution is 2.39. The van der Waals surface area contributed by atoms with Crippen molar-refractivity contribution in [3.05, 3.63) is 0 Å². The van der Waals surface area contributed by atoms with Crippen molar-refractivity contribution in [1.82, 2.24) is 4.90 Å². The first-order valence-corrected chi connectivity index (χ1v) is 7.19. The van der Waals surface area contributed by atoms with Gasteiger partial charge in [0.1, 0.15) is 6.04 Å². The number of hydrogen-bond donors (Lipinski definition) is 1. The summed E-state index contributed by atoms with van der Waals surface area (Å²) in [5.74, 6) is -0.0622. The van der Waals surface area contributed by atoms with Crippen molar-refractivity contribution < 1.29 is 14.6 Å². The molecule has 0 aromatic carbocycles. The second kappa shape index (κ2) is 6.02. The van der Waals surface area contributed by atoms with Crippen LogP contribution in [-0.2, 0) is 9.53 Å². The lowest BCUT2D eigenvalue weighted by Gasteiger charge is -2.33. The SMILES string of the molecule is CC(C)OCCN1C(C(=O)O)CC2CCCCC21. The largest absolute Gasteiger partial charge is 0.480 e. The number of fused-ring (bicyclic) bond motifs is 1. The van der Waals surface area contributed by atoms with E-state index in [1.165, 1.54) is 19.3 Å². The van der Waals surface area contributed by atoms with Crippen LogP contribution in [0, 0.1) is 5.92 Å². The molecule has 1 saturated carbocycles. The molecule has 0 aromatic rings. The lowest BCUT2D eigenvalue weighted by atomic mass is 9.85. The number of carboxylic acids is 1. The van der Waals surface area contributed by atoms with Gasteiger partial charge in [-0.2, -0.15) is 0 Å². The molecule has 2 fully saturated rings. The van der Waals surface area contributed by atoms with Gasteiger partial charge in [0, 0.05) is 12.6 Å². The number of carboxylic acid groups (broad SMARTS) is 1. The van der Waals surface area contributed by atoms with Crippen molar-refractivity contribution in [2.75, 3.05) is 13.2 Å². The van der Waals surface area contributed by atoms with E-state index >= 15 is 0 Å². The number of rotatable bonds is 5. The minimum atomic E-state index is -0.658. The van der Waals surface area contributed by atoms with E-state index in [2.05, 4.69) is 4.90 Å². The molecule has 1 heterocycles. The molecule has 1 aliphatic heterocycles. The van der Waals surface area contributed by atoms with Crippen LogP contribution in [0.3, 0.4) is 0 Å². The van der Waals surface area contributed by atoms with Crippen molar-refractivity contribution in [1.29, 1.82) is 0 Å². The smallest absolute Gasteiger partial charge is 0.320 e. The Morgan fingerprint density at radius 1 is 1.39 bits per heavy atom. The molecule has 0 aromatic heterocycles. The Bertz CT molecular complexity index is 293. The first-order valence-electron chi connectivity index (χ1n) is 7.19. The van der Waals surface area contributed by atoms with E-state index in [0.29, 0.717) is 18.6 Å². The van der Waals surface area contributed by atoms with E-state index in [0.717, 1.165) is 19.4 Å². The molecule has 4 heteroatoms. The quantitative estimate of drug-likeness (QED) is 0.817. The zero-order chi connectivity index (χ0) is 13.1. The van der Waals surface area contributed by atoms with E-state index in [9.17, 15) is 9.90 Å². The Labute approximate surface area is 109 Å². The minimum absolute atomic E-state index is 0.220. The molecule has 0 amide bonds. The van der Waals surface area contributed by atoms with Gasteiger partial charge >= 0.3 is 5.97 Å². The Morgan fingerprint density at radius 2 is 2.11 bits per heavy atom. The molecule has 1 saturated heterocycles. The molecule has 0 spiro atoms. The van der Waals surface area contributed by atoms with Crippen LogP contribution in [0.5, 0.6) is 0 Å². The molecule has 1 N–H and O–H groups in total. The molecule has 1 aliphatic carbocycles. The number of aliphatic carboxylic acids is 1. The van der Waals surface area contributed by atoms with Gasteiger partial charge in [0.25, 0.3) is 0 Å². The second-order valence-electron chi connectivity index (χ2n) is 5.86. The van der Waals surface area contributed by atoms with E-state index in [-0.39, 0.29) is 12.1 Å². The summed E-state index contributed by atoms with van der Waals surface area (Å²) in [6, 6.07) is 0.199. The van der Waals surface area contributed by atoms with E-state index < -0.39 is 5.97 Å². The maximum atomic E-state index is 11.4. The number of nitrogens with zero attached hydrogens (tertiary/aromatic N) is 1. The molecule has 2 aliphatic rings. The van der Waals surface area contributed by atoms with Gasteiger partial charge in [0.2, 0.25) is 0 Å². The third kappa shape index (κ3) is 3.04. The molecular formula is C14H25NO3. The normalized spacial score (nSPS) is 32.7. The molecule has 104 valence electrons. The van der Waals surface area contributed by atoms with Gasteiger partial charge in [0.15, 0.2) is 0 Å². The van der Waals surface area contributed by atoms with Crippen LogP contribution >= 0.6 is 0 Å². The van der Waals surface area contributed by atoms with Gasteiger partial charge in [-0.05, 0) is 39.0 Å². The Balaban J connectivity index is 1.95. The predicted molar refractivity (Wildman–Crippen MR) is 69.6 cm³/mol. The Kier molecular flexibility index (Phi) is 4.62. The second-order valence-corrected chi connectivity index (χ2v) is 5.86. The molecule has 0 radical (unpaired) electrons. The van der Waals surface area contributed by atoms with Crippen molar-refractivity contribution in [3.63, 3.8) is 0 Å². The number of likely N-dealkylation sites (tertiary alicyclic amines) is 1. The van der Waals surface area contributed by atoms with Gasteiger partial charge < -0.3 is 9.84 Å². The fourth-order valence-corrected chi connectivity index (χ4v) is 3.51. The summed E-state index contributed by atoms with van der Waals surface area (Å²) in [5, 5.41) is 9.36. The van der Waals surface area contributed by atoms with E-state index in [1.807, 2.05) is 13.8 Å². The summed E-state index contributed by atoms with van der Waals surface area (Å²) in [6.07, 6.45) is 5.94. The van der Waals surface area contributed by atoms with Crippen molar-refractivity contribution in [2.45, 2.75) is 64.1 Å². The van der Waals surface area contributed by atoms with Crippen LogP contribution < -0.4 is 0 Å². The third-order valence-corrected chi connectivity index (χ3v) is 4.31. The van der Waals surface area contributed by atoms with Gasteiger partial charge in [0.05, 0.1) is 12.7 Å². The topological polar surface area (TPSA) is 49.8 Å². The number of hydrogen-bond acceptors (Lipinski definition) is 3. The zero-order valence-electron chi connectivity index (χ0n) is 11.5. The molecule has 3 atom stereocenters. The molecule has 2 rings (SSSR count). The first-order chi connectivity index (χ1) is 8.59. The highest BCUT2D eigenvalue weighted by Gasteiger charge is 2.44. The van der Waals surface area contributed by atoms with Crippen LogP contribution in [0.4, 0.5) is 0 Å². The van der Waals surface area contributed by atoms with E-state index in [4.69, 9.17) is 4.74 Å². The zero-order valence-corrected chi connectivity index (χ0v) is 11.5. The van der Waals surface area contributed by atoms with Crippen molar-refractivity contribution >= 4 is 5.97 Å². The summed E-state index contributed by atoms with van der Waals surface area (Å²) >= 11 is 0. The standard InChI is InChI=1S/C14H25NO3/c1-10(2)18-8-7-15-12-6-4-3-5-11(12)9-13(15)14(16)17/h10-13H,3-9H2,1-2H3,(H,16,17). The summed E-state index contributed by atoms with van der Waals surface area (Å²) in [4.78, 5) is 13.6. The van der Waals surface area contributed by atoms with Crippen molar-refractivity contribution in [2.24, 2.45) is 5.92 Å². The number of ether oxygens (including phenoxy) is 1. The summed E-state index contributed by atoms with van der Waals surface area (Å²) in [5.41, 5.74) is 0. The molecule has 18 heavy (non-hydrogen) atoms. The van der Waals surface area contributed by atoms with Crippen LogP contribution in [0.15, 0.2) is 0 Å². The number of carbonyl (C=O) groups is 1. The summed E-state index contributed by atoms with van der Waals surface area (Å²) in [6.45, 7) is 5.44. The Morgan fingerprint density at radius 3 is 2.78 bits per heavy atom. The lowest BCUT2D eigenvalue weighted by Crippen LogP contribution is -2.44. The fourth-order valence-electron chi connectivity index (χ4n) is 3.51.